The number of aliphatic carboxylic acids is 1. The van der Waals surface area contributed by atoms with Gasteiger partial charge >= 0.3 is 5.97 Å². The molecule has 1 aromatic heterocycles. The average molecular weight is 315 g/mol. The van der Waals surface area contributed by atoms with Gasteiger partial charge in [0, 0.05) is 9.90 Å². The van der Waals surface area contributed by atoms with Gasteiger partial charge in [-0.15, -0.1) is 11.3 Å². The lowest BCUT2D eigenvalue weighted by atomic mass is 9.95. The molecule has 1 atom stereocenters. The van der Waals surface area contributed by atoms with Crippen LogP contribution >= 0.6 is 34.5 Å². The normalized spacial score (nSPS) is 12.3. The Hall–Kier alpha value is -1.03. The van der Waals surface area contributed by atoms with Gasteiger partial charge in [0.2, 0.25) is 0 Å². The summed E-state index contributed by atoms with van der Waals surface area (Å²) in [6.45, 7) is 0. The Kier molecular flexibility index (Phi) is 4.86. The molecule has 1 heterocycles. The third-order valence-corrected chi connectivity index (χ3v) is 4.53. The summed E-state index contributed by atoms with van der Waals surface area (Å²) >= 11 is 13.3. The highest BCUT2D eigenvalue weighted by molar-refractivity contribution is 7.10. The first-order valence-corrected chi connectivity index (χ1v) is 7.39. The van der Waals surface area contributed by atoms with Crippen molar-refractivity contribution < 1.29 is 9.90 Å². The second kappa shape index (κ2) is 6.42. The lowest BCUT2D eigenvalue weighted by Gasteiger charge is -2.11. The molecule has 0 saturated carbocycles. The maximum Gasteiger partial charge on any atom is 0.307 e. The highest BCUT2D eigenvalue weighted by Crippen LogP contribution is 2.26. The molecule has 19 heavy (non-hydrogen) atoms. The first-order chi connectivity index (χ1) is 9.06. The van der Waals surface area contributed by atoms with Gasteiger partial charge in [-0.2, -0.15) is 0 Å². The predicted octanol–water partition coefficient (Wildman–Crippen LogP) is 4.54. The summed E-state index contributed by atoms with van der Waals surface area (Å²) in [4.78, 5) is 12.3. The standard InChI is InChI=1S/C14H12Cl2O2S/c15-11-3-1-9(2-4-11)7-10(14(17)18)8-13-12(16)5-6-19-13/h1-6,10H,7-8H2,(H,17,18). The highest BCUT2D eigenvalue weighted by Gasteiger charge is 2.20. The summed E-state index contributed by atoms with van der Waals surface area (Å²) < 4.78 is 0. The Labute approximate surface area is 125 Å². The molecule has 0 saturated heterocycles. The molecule has 0 aliphatic rings. The second-order valence-electron chi connectivity index (χ2n) is 4.26. The average Bonchev–Trinajstić information content (AvgIpc) is 2.77. The van der Waals surface area contributed by atoms with E-state index in [4.69, 9.17) is 23.2 Å². The smallest absolute Gasteiger partial charge is 0.307 e. The number of thiophene rings is 1. The van der Waals surface area contributed by atoms with E-state index in [-0.39, 0.29) is 0 Å². The molecule has 100 valence electrons. The number of carbonyl (C=O) groups is 1. The number of hydrogen-bond donors (Lipinski definition) is 1. The van der Waals surface area contributed by atoms with E-state index in [0.717, 1.165) is 10.4 Å². The Bertz CT molecular complexity index is 563. The monoisotopic (exact) mass is 314 g/mol. The lowest BCUT2D eigenvalue weighted by Crippen LogP contribution is -2.18. The molecule has 0 fully saturated rings. The fraction of sp³-hybridized carbons (Fsp3) is 0.214. The number of halogens is 2. The first-order valence-electron chi connectivity index (χ1n) is 5.75. The number of carboxylic acids is 1. The molecule has 0 spiro atoms. The van der Waals surface area contributed by atoms with Crippen LogP contribution in [0.25, 0.3) is 0 Å². The quantitative estimate of drug-likeness (QED) is 0.879. The Balaban J connectivity index is 2.10. The van der Waals surface area contributed by atoms with E-state index in [1.54, 1.807) is 18.2 Å². The van der Waals surface area contributed by atoms with Crippen LogP contribution in [-0.4, -0.2) is 11.1 Å². The van der Waals surface area contributed by atoms with E-state index in [2.05, 4.69) is 0 Å². The van der Waals surface area contributed by atoms with Crippen LogP contribution in [0.5, 0.6) is 0 Å². The van der Waals surface area contributed by atoms with Gasteiger partial charge in [0.1, 0.15) is 0 Å². The molecule has 2 nitrogen and oxygen atoms in total. The van der Waals surface area contributed by atoms with Gasteiger partial charge in [-0.25, -0.2) is 0 Å². The molecule has 0 bridgehead atoms. The van der Waals surface area contributed by atoms with Crippen LogP contribution in [0.3, 0.4) is 0 Å². The van der Waals surface area contributed by atoms with Crippen molar-refractivity contribution in [2.45, 2.75) is 12.8 Å². The van der Waals surface area contributed by atoms with Gasteiger partial charge in [0.05, 0.1) is 10.9 Å². The van der Waals surface area contributed by atoms with Crippen molar-refractivity contribution in [1.29, 1.82) is 0 Å². The van der Waals surface area contributed by atoms with Crippen molar-refractivity contribution in [3.8, 4) is 0 Å². The molecule has 0 amide bonds. The van der Waals surface area contributed by atoms with Crippen LogP contribution in [0.2, 0.25) is 10.0 Å². The van der Waals surface area contributed by atoms with Crippen LogP contribution in [-0.2, 0) is 17.6 Å². The van der Waals surface area contributed by atoms with Gasteiger partial charge < -0.3 is 5.11 Å². The minimum absolute atomic E-state index is 0.453. The summed E-state index contributed by atoms with van der Waals surface area (Å²) in [6, 6.07) is 9.05. The summed E-state index contributed by atoms with van der Waals surface area (Å²) in [5, 5.41) is 12.5. The van der Waals surface area contributed by atoms with E-state index < -0.39 is 11.9 Å². The summed E-state index contributed by atoms with van der Waals surface area (Å²) in [5.74, 6) is -1.28. The Morgan fingerprint density at radius 2 is 1.84 bits per heavy atom. The molecule has 1 N–H and O–H groups in total. The van der Waals surface area contributed by atoms with E-state index in [1.807, 2.05) is 17.5 Å². The third kappa shape index (κ3) is 3.96. The second-order valence-corrected chi connectivity index (χ2v) is 6.11. The maximum atomic E-state index is 11.3. The van der Waals surface area contributed by atoms with E-state index in [1.165, 1.54) is 11.3 Å². The molecule has 0 aliphatic carbocycles. The number of benzene rings is 1. The fourth-order valence-electron chi connectivity index (χ4n) is 1.85. The largest absolute Gasteiger partial charge is 0.481 e. The van der Waals surface area contributed by atoms with Gasteiger partial charge in [0.25, 0.3) is 0 Å². The van der Waals surface area contributed by atoms with Crippen LogP contribution < -0.4 is 0 Å². The van der Waals surface area contributed by atoms with Crippen molar-refractivity contribution in [1.82, 2.24) is 0 Å². The Morgan fingerprint density at radius 1 is 1.16 bits per heavy atom. The zero-order valence-corrected chi connectivity index (χ0v) is 12.3. The first kappa shape index (κ1) is 14.4. The zero-order valence-electron chi connectivity index (χ0n) is 9.98. The minimum atomic E-state index is -0.806. The molecular formula is C14H12Cl2O2S. The van der Waals surface area contributed by atoms with Crippen molar-refractivity contribution in [3.63, 3.8) is 0 Å². The van der Waals surface area contributed by atoms with Crippen LogP contribution in [0, 0.1) is 5.92 Å². The fourth-order valence-corrected chi connectivity index (χ4v) is 3.17. The Morgan fingerprint density at radius 3 is 2.37 bits per heavy atom. The summed E-state index contributed by atoms with van der Waals surface area (Å²) in [6.07, 6.45) is 0.926. The summed E-state index contributed by atoms with van der Waals surface area (Å²) in [7, 11) is 0. The molecule has 1 unspecified atom stereocenters. The zero-order chi connectivity index (χ0) is 13.8. The van der Waals surface area contributed by atoms with Crippen LogP contribution in [0.15, 0.2) is 35.7 Å². The number of rotatable bonds is 5. The van der Waals surface area contributed by atoms with Gasteiger partial charge in [-0.3, -0.25) is 4.79 Å². The summed E-state index contributed by atoms with van der Waals surface area (Å²) in [5.41, 5.74) is 0.962. The topological polar surface area (TPSA) is 37.3 Å². The van der Waals surface area contributed by atoms with Crippen LogP contribution in [0.1, 0.15) is 10.4 Å². The SMILES string of the molecule is O=C(O)C(Cc1ccc(Cl)cc1)Cc1sccc1Cl. The molecule has 0 radical (unpaired) electrons. The minimum Gasteiger partial charge on any atom is -0.481 e. The van der Waals surface area contributed by atoms with Crippen molar-refractivity contribution in [2.24, 2.45) is 5.92 Å². The molecule has 2 aromatic rings. The van der Waals surface area contributed by atoms with Gasteiger partial charge in [-0.1, -0.05) is 35.3 Å². The van der Waals surface area contributed by atoms with Crippen molar-refractivity contribution in [3.05, 3.63) is 56.2 Å². The predicted molar refractivity (Wildman–Crippen MR) is 79.3 cm³/mol. The van der Waals surface area contributed by atoms with Crippen LogP contribution in [0.4, 0.5) is 0 Å². The van der Waals surface area contributed by atoms with Gasteiger partial charge in [0.15, 0.2) is 0 Å². The van der Waals surface area contributed by atoms with Crippen molar-refractivity contribution >= 4 is 40.5 Å². The maximum absolute atomic E-state index is 11.3. The third-order valence-electron chi connectivity index (χ3n) is 2.87. The lowest BCUT2D eigenvalue weighted by molar-refractivity contribution is -0.141. The number of hydrogen-bond acceptors (Lipinski definition) is 2. The van der Waals surface area contributed by atoms with E-state index >= 15 is 0 Å². The van der Waals surface area contributed by atoms with Crippen molar-refractivity contribution in [2.75, 3.05) is 0 Å². The number of carboxylic acid groups (broad SMARTS) is 1. The molecule has 2 rings (SSSR count). The molecular weight excluding hydrogens is 303 g/mol. The molecule has 5 heteroatoms. The highest BCUT2D eigenvalue weighted by atomic mass is 35.5. The molecule has 0 aliphatic heterocycles. The molecule has 1 aromatic carbocycles. The van der Waals surface area contributed by atoms with E-state index in [0.29, 0.717) is 22.9 Å². The van der Waals surface area contributed by atoms with E-state index in [9.17, 15) is 9.90 Å². The van der Waals surface area contributed by atoms with Gasteiger partial charge in [-0.05, 0) is 42.0 Å².